The Labute approximate surface area is 127 Å². The van der Waals surface area contributed by atoms with Crippen LogP contribution in [-0.2, 0) is 6.18 Å². The second kappa shape index (κ2) is 4.84. The lowest BCUT2D eigenvalue weighted by atomic mass is 10.0. The highest BCUT2D eigenvalue weighted by atomic mass is 35.5. The van der Waals surface area contributed by atoms with Crippen molar-refractivity contribution in [2.75, 3.05) is 0 Å². The molecule has 0 fully saturated rings. The first kappa shape index (κ1) is 14.6. The third kappa shape index (κ3) is 2.16. The normalized spacial score (nSPS) is 14.5. The molecular formula is C15H7ClF3NO2. The minimum atomic E-state index is -4.59. The third-order valence-corrected chi connectivity index (χ3v) is 3.67. The van der Waals surface area contributed by atoms with Crippen LogP contribution in [-0.4, -0.2) is 16.2 Å². The van der Waals surface area contributed by atoms with Gasteiger partial charge < -0.3 is 5.21 Å². The number of carbonyl (C=O) groups is 1. The molecule has 0 amide bonds. The van der Waals surface area contributed by atoms with Gasteiger partial charge in [0.15, 0.2) is 0 Å². The van der Waals surface area contributed by atoms with E-state index in [4.69, 9.17) is 11.6 Å². The molecule has 0 bridgehead atoms. The van der Waals surface area contributed by atoms with Crippen molar-refractivity contribution < 1.29 is 22.7 Å². The molecule has 0 aliphatic carbocycles. The molecule has 112 valence electrons. The van der Waals surface area contributed by atoms with Gasteiger partial charge in [-0.1, -0.05) is 23.7 Å². The fourth-order valence-corrected chi connectivity index (χ4v) is 2.52. The number of ketones is 1. The van der Waals surface area contributed by atoms with Crippen LogP contribution < -0.4 is 0 Å². The largest absolute Gasteiger partial charge is 0.618 e. The molecule has 2 aromatic rings. The highest BCUT2D eigenvalue weighted by molar-refractivity contribution is 6.54. The summed E-state index contributed by atoms with van der Waals surface area (Å²) in [6, 6.07) is 8.63. The molecule has 0 atom stereocenters. The molecule has 3 nitrogen and oxygen atoms in total. The summed E-state index contributed by atoms with van der Waals surface area (Å²) in [5, 5.41) is 12.4. The maximum Gasteiger partial charge on any atom is 0.416 e. The predicted octanol–water partition coefficient (Wildman–Crippen LogP) is 4.19. The molecule has 0 radical (unpaired) electrons. The number of alkyl halides is 3. The Bertz CT molecular complexity index is 828. The highest BCUT2D eigenvalue weighted by Gasteiger charge is 2.40. The molecule has 3 rings (SSSR count). The van der Waals surface area contributed by atoms with Crippen LogP contribution in [0.3, 0.4) is 0 Å². The number of halogens is 4. The summed E-state index contributed by atoms with van der Waals surface area (Å²) in [5.41, 5.74) is -1.47. The molecule has 0 saturated heterocycles. The Kier molecular flexibility index (Phi) is 3.21. The van der Waals surface area contributed by atoms with Crippen LogP contribution in [0.4, 0.5) is 18.9 Å². The lowest BCUT2D eigenvalue weighted by Crippen LogP contribution is -2.16. The number of hydrogen-bond donors (Lipinski definition) is 0. The maximum absolute atomic E-state index is 12.7. The van der Waals surface area contributed by atoms with Crippen molar-refractivity contribution in [3.8, 4) is 0 Å². The number of benzene rings is 2. The van der Waals surface area contributed by atoms with Gasteiger partial charge in [0.2, 0.25) is 5.69 Å². The Morgan fingerprint density at radius 3 is 2.36 bits per heavy atom. The van der Waals surface area contributed by atoms with Crippen LogP contribution in [0.5, 0.6) is 0 Å². The lowest BCUT2D eigenvalue weighted by molar-refractivity contribution is -0.355. The van der Waals surface area contributed by atoms with E-state index in [1.165, 1.54) is 12.1 Å². The van der Waals surface area contributed by atoms with E-state index >= 15 is 0 Å². The standard InChI is InChI=1S/C15H7ClF3NO2/c16-11-4-2-1-3-9(11)13-14(21)10-6-5-8(15(17,18)19)7-12(10)20(13)22/h1-7H. The monoisotopic (exact) mass is 325 g/mol. The molecular weight excluding hydrogens is 319 g/mol. The van der Waals surface area contributed by atoms with Crippen molar-refractivity contribution in [3.05, 3.63) is 69.4 Å². The van der Waals surface area contributed by atoms with E-state index in [0.717, 1.165) is 12.1 Å². The minimum absolute atomic E-state index is 0.0714. The predicted molar refractivity (Wildman–Crippen MR) is 74.6 cm³/mol. The van der Waals surface area contributed by atoms with E-state index in [0.29, 0.717) is 6.07 Å². The Hall–Kier alpha value is -2.34. The maximum atomic E-state index is 12.7. The van der Waals surface area contributed by atoms with E-state index in [2.05, 4.69) is 0 Å². The van der Waals surface area contributed by atoms with E-state index in [1.807, 2.05) is 0 Å². The molecule has 0 saturated carbocycles. The van der Waals surface area contributed by atoms with Gasteiger partial charge in [0.1, 0.15) is 5.56 Å². The smallest absolute Gasteiger partial charge is 0.416 e. The fourth-order valence-electron chi connectivity index (χ4n) is 2.29. The zero-order valence-corrected chi connectivity index (χ0v) is 11.6. The molecule has 0 spiro atoms. The first-order valence-corrected chi connectivity index (χ1v) is 6.53. The van der Waals surface area contributed by atoms with Crippen LogP contribution in [0.2, 0.25) is 5.02 Å². The number of rotatable bonds is 1. The number of nitrogens with zero attached hydrogens (tertiary/aromatic N) is 1. The first-order valence-electron chi connectivity index (χ1n) is 6.16. The number of carbonyl (C=O) groups excluding carboxylic acids is 1. The molecule has 0 unspecified atom stereocenters. The second-order valence-corrected chi connectivity index (χ2v) is 5.09. The fraction of sp³-hybridized carbons (Fsp3) is 0.0667. The van der Waals surface area contributed by atoms with Crippen molar-refractivity contribution in [1.82, 2.24) is 0 Å². The van der Waals surface area contributed by atoms with Crippen LogP contribution in [0.15, 0.2) is 42.5 Å². The summed E-state index contributed by atoms with van der Waals surface area (Å²) < 4.78 is 38.4. The first-order chi connectivity index (χ1) is 10.3. The minimum Gasteiger partial charge on any atom is -0.618 e. The van der Waals surface area contributed by atoms with Crippen molar-refractivity contribution in [3.63, 3.8) is 0 Å². The van der Waals surface area contributed by atoms with Crippen LogP contribution in [0, 0.1) is 5.21 Å². The SMILES string of the molecule is O=C1C(c2ccccc2Cl)=[N+]([O-])c2cc(C(F)(F)F)ccc21. The molecule has 0 aromatic heterocycles. The van der Waals surface area contributed by atoms with Gasteiger partial charge in [-0.25, -0.2) is 0 Å². The van der Waals surface area contributed by atoms with E-state index in [9.17, 15) is 23.2 Å². The van der Waals surface area contributed by atoms with Gasteiger partial charge in [-0.3, -0.25) is 4.79 Å². The summed E-state index contributed by atoms with van der Waals surface area (Å²) in [7, 11) is 0. The van der Waals surface area contributed by atoms with Gasteiger partial charge in [-0.05, 0) is 24.3 Å². The summed E-state index contributed by atoms with van der Waals surface area (Å²) >= 11 is 5.96. The van der Waals surface area contributed by atoms with Crippen molar-refractivity contribution in [2.45, 2.75) is 6.18 Å². The van der Waals surface area contributed by atoms with Gasteiger partial charge >= 0.3 is 6.18 Å². The number of fused-ring (bicyclic) bond motifs is 1. The average Bonchev–Trinajstić information content (AvgIpc) is 2.71. The molecule has 7 heteroatoms. The van der Waals surface area contributed by atoms with Gasteiger partial charge in [-0.2, -0.15) is 17.9 Å². The van der Waals surface area contributed by atoms with Crippen molar-refractivity contribution >= 4 is 28.8 Å². The highest BCUT2D eigenvalue weighted by Crippen LogP contribution is 2.36. The van der Waals surface area contributed by atoms with Gasteiger partial charge in [-0.15, -0.1) is 0 Å². The van der Waals surface area contributed by atoms with Crippen molar-refractivity contribution in [2.24, 2.45) is 0 Å². The molecule has 0 N–H and O–H groups in total. The molecule has 1 aliphatic rings. The zero-order chi connectivity index (χ0) is 16.1. The Morgan fingerprint density at radius 1 is 1.05 bits per heavy atom. The summed E-state index contributed by atoms with van der Waals surface area (Å²) in [6.45, 7) is 0. The topological polar surface area (TPSA) is 43.1 Å². The summed E-state index contributed by atoms with van der Waals surface area (Å²) in [6.07, 6.45) is -4.59. The summed E-state index contributed by atoms with van der Waals surface area (Å²) in [4.78, 5) is 12.3. The molecule has 1 heterocycles. The Balaban J connectivity index is 2.20. The summed E-state index contributed by atoms with van der Waals surface area (Å²) in [5.74, 6) is -0.646. The zero-order valence-electron chi connectivity index (χ0n) is 10.8. The van der Waals surface area contributed by atoms with E-state index in [1.54, 1.807) is 12.1 Å². The number of hydrogen-bond acceptors (Lipinski definition) is 2. The van der Waals surface area contributed by atoms with E-state index in [-0.39, 0.29) is 32.3 Å². The molecule has 22 heavy (non-hydrogen) atoms. The van der Waals surface area contributed by atoms with Crippen LogP contribution in [0.25, 0.3) is 0 Å². The van der Waals surface area contributed by atoms with Crippen molar-refractivity contribution in [1.29, 1.82) is 0 Å². The average molecular weight is 326 g/mol. The van der Waals surface area contributed by atoms with E-state index < -0.39 is 17.5 Å². The number of Topliss-reactive ketones (excluding diaryl/α,β-unsaturated/α-hetero) is 1. The van der Waals surface area contributed by atoms with Gasteiger partial charge in [0.25, 0.3) is 11.5 Å². The third-order valence-electron chi connectivity index (χ3n) is 3.34. The molecule has 2 aromatic carbocycles. The second-order valence-electron chi connectivity index (χ2n) is 4.68. The lowest BCUT2D eigenvalue weighted by Gasteiger charge is -2.07. The molecule has 1 aliphatic heterocycles. The van der Waals surface area contributed by atoms with Gasteiger partial charge in [0.05, 0.1) is 16.1 Å². The van der Waals surface area contributed by atoms with Crippen LogP contribution >= 0.6 is 11.6 Å². The van der Waals surface area contributed by atoms with Gasteiger partial charge in [0, 0.05) is 6.07 Å². The van der Waals surface area contributed by atoms with Crippen LogP contribution in [0.1, 0.15) is 21.5 Å². The quantitative estimate of drug-likeness (QED) is 0.583. The Morgan fingerprint density at radius 2 is 1.73 bits per heavy atom.